The summed E-state index contributed by atoms with van der Waals surface area (Å²) in [6.07, 6.45) is 21.2. The normalized spacial score (nSPS) is 10.2. The molecule has 0 radical (unpaired) electrons. The Morgan fingerprint density at radius 3 is 0.714 bits per heavy atom. The summed E-state index contributed by atoms with van der Waals surface area (Å²) >= 11 is 0. The fraction of sp³-hybridized carbons (Fsp3) is 0.895. The van der Waals surface area contributed by atoms with Crippen LogP contribution in [0.25, 0.3) is 0 Å². The van der Waals surface area contributed by atoms with E-state index in [2.05, 4.69) is 12.1 Å². The van der Waals surface area contributed by atoms with Crippen LogP contribution in [-0.2, 0) is 0 Å². The molecule has 0 aromatic rings. The summed E-state index contributed by atoms with van der Waals surface area (Å²) in [5.74, 6) is 0. The summed E-state index contributed by atoms with van der Waals surface area (Å²) in [6.45, 7) is 0. The first-order valence-electron chi connectivity index (χ1n) is 9.15. The van der Waals surface area contributed by atoms with Gasteiger partial charge in [-0.05, 0) is 12.8 Å². The van der Waals surface area contributed by atoms with Crippen molar-refractivity contribution in [3.8, 4) is 12.1 Å². The van der Waals surface area contributed by atoms with E-state index in [0.29, 0.717) is 0 Å². The van der Waals surface area contributed by atoms with Gasteiger partial charge in [0.1, 0.15) is 0 Å². The standard InChI is InChI=1S/C19H34N2/c20-18-16-14-12-10-8-6-4-2-1-3-5-7-9-11-13-15-17-19-21/h1-17H2. The summed E-state index contributed by atoms with van der Waals surface area (Å²) < 4.78 is 0. The van der Waals surface area contributed by atoms with E-state index < -0.39 is 0 Å². The molecule has 0 aromatic heterocycles. The summed E-state index contributed by atoms with van der Waals surface area (Å²) in [5, 5.41) is 16.9. The van der Waals surface area contributed by atoms with Gasteiger partial charge in [0.25, 0.3) is 0 Å². The van der Waals surface area contributed by atoms with Crippen molar-refractivity contribution < 1.29 is 0 Å². The molecule has 2 nitrogen and oxygen atoms in total. The minimum absolute atomic E-state index is 0.734. The molecular formula is C19H34N2. The van der Waals surface area contributed by atoms with Gasteiger partial charge in [-0.25, -0.2) is 0 Å². The Morgan fingerprint density at radius 2 is 0.524 bits per heavy atom. The molecule has 2 heteroatoms. The third kappa shape index (κ3) is 19.0. The van der Waals surface area contributed by atoms with Crippen LogP contribution in [0.3, 0.4) is 0 Å². The Hall–Kier alpha value is -1.02. The number of rotatable bonds is 16. The van der Waals surface area contributed by atoms with E-state index in [4.69, 9.17) is 10.5 Å². The molecule has 0 rings (SSSR count). The largest absolute Gasteiger partial charge is 0.198 e. The first-order valence-corrected chi connectivity index (χ1v) is 9.15. The topological polar surface area (TPSA) is 47.6 Å². The Bertz CT molecular complexity index is 244. The molecule has 0 aliphatic carbocycles. The first kappa shape index (κ1) is 20.0. The molecule has 0 N–H and O–H groups in total. The SMILES string of the molecule is N#CCCCCCCCCCCCCCCCCCC#N. The van der Waals surface area contributed by atoms with Crippen molar-refractivity contribution in [1.29, 1.82) is 10.5 Å². The van der Waals surface area contributed by atoms with Crippen molar-refractivity contribution >= 4 is 0 Å². The molecule has 0 heterocycles. The first-order chi connectivity index (χ1) is 10.4. The lowest BCUT2D eigenvalue weighted by atomic mass is 10.0. The molecule has 0 saturated heterocycles. The molecule has 0 fully saturated rings. The maximum absolute atomic E-state index is 8.43. The van der Waals surface area contributed by atoms with Crippen LogP contribution in [0.2, 0.25) is 0 Å². The van der Waals surface area contributed by atoms with E-state index in [1.54, 1.807) is 0 Å². The highest BCUT2D eigenvalue weighted by atomic mass is 14.2. The van der Waals surface area contributed by atoms with Gasteiger partial charge in [0, 0.05) is 12.8 Å². The van der Waals surface area contributed by atoms with Gasteiger partial charge in [-0.3, -0.25) is 0 Å². The quantitative estimate of drug-likeness (QED) is 0.298. The molecule has 0 amide bonds. The van der Waals surface area contributed by atoms with E-state index in [1.807, 2.05) is 0 Å². The van der Waals surface area contributed by atoms with Crippen molar-refractivity contribution in [2.45, 2.75) is 109 Å². The van der Waals surface area contributed by atoms with Crippen LogP contribution in [0.4, 0.5) is 0 Å². The second-order valence-corrected chi connectivity index (χ2v) is 6.12. The molecule has 21 heavy (non-hydrogen) atoms. The molecule has 0 saturated carbocycles. The maximum atomic E-state index is 8.43. The second kappa shape index (κ2) is 19.0. The van der Waals surface area contributed by atoms with Gasteiger partial charge in [0.15, 0.2) is 0 Å². The van der Waals surface area contributed by atoms with Gasteiger partial charge in [-0.2, -0.15) is 10.5 Å². The molecule has 0 unspecified atom stereocenters. The van der Waals surface area contributed by atoms with E-state index >= 15 is 0 Å². The minimum Gasteiger partial charge on any atom is -0.198 e. The van der Waals surface area contributed by atoms with E-state index in [9.17, 15) is 0 Å². The monoisotopic (exact) mass is 290 g/mol. The highest BCUT2D eigenvalue weighted by molar-refractivity contribution is 4.68. The van der Waals surface area contributed by atoms with Crippen molar-refractivity contribution in [3.05, 3.63) is 0 Å². The highest BCUT2D eigenvalue weighted by Crippen LogP contribution is 2.13. The lowest BCUT2D eigenvalue weighted by molar-refractivity contribution is 0.531. The van der Waals surface area contributed by atoms with Crippen LogP contribution < -0.4 is 0 Å². The van der Waals surface area contributed by atoms with Crippen molar-refractivity contribution in [3.63, 3.8) is 0 Å². The van der Waals surface area contributed by atoms with Gasteiger partial charge in [-0.15, -0.1) is 0 Å². The molecule has 0 aliphatic heterocycles. The second-order valence-electron chi connectivity index (χ2n) is 6.12. The van der Waals surface area contributed by atoms with E-state index in [0.717, 1.165) is 25.7 Å². The van der Waals surface area contributed by atoms with Gasteiger partial charge in [0.05, 0.1) is 12.1 Å². The Morgan fingerprint density at radius 1 is 0.333 bits per heavy atom. The van der Waals surface area contributed by atoms with Crippen LogP contribution in [-0.4, -0.2) is 0 Å². The van der Waals surface area contributed by atoms with Crippen molar-refractivity contribution in [2.75, 3.05) is 0 Å². The molecule has 0 atom stereocenters. The fourth-order valence-electron chi connectivity index (χ4n) is 2.71. The van der Waals surface area contributed by atoms with Crippen LogP contribution in [0.1, 0.15) is 109 Å². The number of hydrogen-bond donors (Lipinski definition) is 0. The Balaban J connectivity index is 2.94. The number of hydrogen-bond acceptors (Lipinski definition) is 2. The van der Waals surface area contributed by atoms with E-state index in [-0.39, 0.29) is 0 Å². The molecule has 0 spiro atoms. The van der Waals surface area contributed by atoms with Gasteiger partial charge >= 0.3 is 0 Å². The number of nitrogens with zero attached hydrogens (tertiary/aromatic N) is 2. The fourth-order valence-corrected chi connectivity index (χ4v) is 2.71. The zero-order chi connectivity index (χ0) is 15.4. The Kier molecular flexibility index (Phi) is 18.1. The van der Waals surface area contributed by atoms with Crippen LogP contribution >= 0.6 is 0 Å². The summed E-state index contributed by atoms with van der Waals surface area (Å²) in [6, 6.07) is 4.41. The van der Waals surface area contributed by atoms with Gasteiger partial charge in [0.2, 0.25) is 0 Å². The molecule has 120 valence electrons. The highest BCUT2D eigenvalue weighted by Gasteiger charge is 1.94. The van der Waals surface area contributed by atoms with Crippen molar-refractivity contribution in [1.82, 2.24) is 0 Å². The molecule has 0 aromatic carbocycles. The van der Waals surface area contributed by atoms with Crippen LogP contribution in [0.5, 0.6) is 0 Å². The third-order valence-electron chi connectivity index (χ3n) is 4.08. The summed E-state index contributed by atoms with van der Waals surface area (Å²) in [4.78, 5) is 0. The lowest BCUT2D eigenvalue weighted by Crippen LogP contribution is -1.83. The predicted molar refractivity (Wildman–Crippen MR) is 89.7 cm³/mol. The minimum atomic E-state index is 0.734. The lowest BCUT2D eigenvalue weighted by Gasteiger charge is -2.03. The van der Waals surface area contributed by atoms with Crippen molar-refractivity contribution in [2.24, 2.45) is 0 Å². The number of nitriles is 2. The third-order valence-corrected chi connectivity index (χ3v) is 4.08. The van der Waals surface area contributed by atoms with Crippen LogP contribution in [0, 0.1) is 22.7 Å². The zero-order valence-electron chi connectivity index (χ0n) is 13.9. The zero-order valence-corrected chi connectivity index (χ0v) is 13.9. The smallest absolute Gasteiger partial charge is 0.0621 e. The molecule has 0 aliphatic rings. The summed E-state index contributed by atoms with van der Waals surface area (Å²) in [5.41, 5.74) is 0. The van der Waals surface area contributed by atoms with E-state index in [1.165, 1.54) is 83.5 Å². The number of unbranched alkanes of at least 4 members (excludes halogenated alkanes) is 16. The molecular weight excluding hydrogens is 256 g/mol. The average Bonchev–Trinajstić information content (AvgIpc) is 2.50. The predicted octanol–water partition coefficient (Wildman–Crippen LogP) is 6.67. The van der Waals surface area contributed by atoms with Crippen LogP contribution in [0.15, 0.2) is 0 Å². The molecule has 0 bridgehead atoms. The maximum Gasteiger partial charge on any atom is 0.0621 e. The van der Waals surface area contributed by atoms with Gasteiger partial charge < -0.3 is 0 Å². The average molecular weight is 290 g/mol. The Labute approximate surface area is 132 Å². The summed E-state index contributed by atoms with van der Waals surface area (Å²) in [7, 11) is 0. The van der Waals surface area contributed by atoms with Gasteiger partial charge in [-0.1, -0.05) is 83.5 Å².